The second-order valence-electron chi connectivity index (χ2n) is 6.37. The van der Waals surface area contributed by atoms with Gasteiger partial charge in [0.25, 0.3) is 11.8 Å². The first-order valence-corrected chi connectivity index (χ1v) is 8.61. The average molecular weight is 470 g/mol. The molecule has 0 aliphatic carbocycles. The van der Waals surface area contributed by atoms with Crippen LogP contribution in [-0.2, 0) is 22.7 Å². The van der Waals surface area contributed by atoms with Crippen LogP contribution in [0.5, 0.6) is 0 Å². The normalized spacial score (nSPS) is 12.9. The maximum Gasteiger partial charge on any atom is 0.392 e. The summed E-state index contributed by atoms with van der Waals surface area (Å²) in [6.45, 7) is -1.61. The van der Waals surface area contributed by atoms with Crippen molar-refractivity contribution in [2.75, 3.05) is 0 Å². The van der Waals surface area contributed by atoms with E-state index in [0.717, 1.165) is 24.8 Å². The van der Waals surface area contributed by atoms with Crippen LogP contribution in [0, 0.1) is 0 Å². The first kappa shape index (κ1) is 24.9. The number of hydrogen-bond acceptors (Lipinski definition) is 4. The lowest BCUT2D eigenvalue weighted by molar-refractivity contribution is -0.347. The van der Waals surface area contributed by atoms with Gasteiger partial charge in [-0.2, -0.15) is 35.1 Å². The lowest BCUT2D eigenvalue weighted by Crippen LogP contribution is -2.68. The van der Waals surface area contributed by atoms with Crippen LogP contribution < -0.4 is 10.6 Å². The summed E-state index contributed by atoms with van der Waals surface area (Å²) in [5, 5.41) is 2.53. The third-order valence-corrected chi connectivity index (χ3v) is 4.16. The Hall–Kier alpha value is -3.32. The molecule has 0 saturated heterocycles. The van der Waals surface area contributed by atoms with Gasteiger partial charge in [0.05, 0.1) is 0 Å². The molecule has 0 unspecified atom stereocenters. The Morgan fingerprint density at radius 2 is 0.906 bits per heavy atom. The van der Waals surface area contributed by atoms with Gasteiger partial charge in [-0.05, 0) is 35.4 Å². The number of hydrogen-bond donors (Lipinski definition) is 2. The molecule has 2 rings (SSSR count). The Kier molecular flexibility index (Phi) is 7.05. The van der Waals surface area contributed by atoms with E-state index in [1.54, 1.807) is 0 Å². The Morgan fingerprint density at radius 1 is 0.625 bits per heavy atom. The maximum absolute atomic E-state index is 13.9. The third-order valence-electron chi connectivity index (χ3n) is 4.16. The molecule has 2 amide bonds. The highest BCUT2D eigenvalue weighted by molar-refractivity contribution is 5.87. The van der Waals surface area contributed by atoms with Crippen LogP contribution in [0.3, 0.4) is 0 Å². The molecule has 0 aliphatic rings. The van der Waals surface area contributed by atoms with E-state index in [1.165, 1.54) is 34.9 Å². The van der Waals surface area contributed by atoms with Gasteiger partial charge in [-0.15, -0.1) is 0 Å². The molecule has 0 bridgehead atoms. The Balaban J connectivity index is 2.18. The highest BCUT2D eigenvalue weighted by Gasteiger charge is 2.84. The summed E-state index contributed by atoms with van der Waals surface area (Å²) < 4.78 is 111. The van der Waals surface area contributed by atoms with Gasteiger partial charge in [0.2, 0.25) is 0 Å². The van der Waals surface area contributed by atoms with Crippen LogP contribution in [0.1, 0.15) is 11.1 Å². The maximum atomic E-state index is 13.9. The van der Waals surface area contributed by atoms with Crippen molar-refractivity contribution in [1.82, 2.24) is 20.6 Å². The predicted molar refractivity (Wildman–Crippen MR) is 92.0 cm³/mol. The van der Waals surface area contributed by atoms with Gasteiger partial charge in [-0.25, -0.2) is 0 Å². The first-order valence-electron chi connectivity index (χ1n) is 8.61. The summed E-state index contributed by atoms with van der Waals surface area (Å²) in [6.07, 6.45) is 4.64. The van der Waals surface area contributed by atoms with Crippen molar-refractivity contribution in [2.24, 2.45) is 0 Å². The summed E-state index contributed by atoms with van der Waals surface area (Å²) in [6, 6.07) is 4.75. The number of carbonyl (C=O) groups excluding carboxylic acids is 2. The van der Waals surface area contributed by atoms with Crippen LogP contribution in [0.4, 0.5) is 35.1 Å². The molecule has 174 valence electrons. The average Bonchev–Trinajstić information content (AvgIpc) is 2.76. The third kappa shape index (κ3) is 4.62. The van der Waals surface area contributed by atoms with Crippen LogP contribution in [0.25, 0.3) is 0 Å². The zero-order valence-electron chi connectivity index (χ0n) is 15.8. The predicted octanol–water partition coefficient (Wildman–Crippen LogP) is 2.95. The number of amides is 2. The highest BCUT2D eigenvalue weighted by Crippen LogP contribution is 2.52. The van der Waals surface area contributed by atoms with Gasteiger partial charge >= 0.3 is 23.7 Å². The van der Waals surface area contributed by atoms with E-state index in [-0.39, 0.29) is 11.1 Å². The molecule has 0 atom stereocenters. The second kappa shape index (κ2) is 9.04. The van der Waals surface area contributed by atoms with Crippen molar-refractivity contribution in [3.05, 3.63) is 60.2 Å². The number of halogens is 8. The van der Waals surface area contributed by atoms with E-state index < -0.39 is 48.6 Å². The van der Waals surface area contributed by atoms with Crippen molar-refractivity contribution >= 4 is 11.8 Å². The lowest BCUT2D eigenvalue weighted by atomic mass is 9.97. The van der Waals surface area contributed by atoms with E-state index in [9.17, 15) is 44.7 Å². The quantitative estimate of drug-likeness (QED) is 0.553. The molecule has 0 fully saturated rings. The smallest absolute Gasteiger partial charge is 0.347 e. The van der Waals surface area contributed by atoms with Crippen molar-refractivity contribution in [3.8, 4) is 0 Å². The number of aromatic nitrogens is 2. The molecule has 0 saturated carbocycles. The summed E-state index contributed by atoms with van der Waals surface area (Å²) in [5.41, 5.74) is 0.167. The molecule has 0 aromatic carbocycles. The molecule has 6 nitrogen and oxygen atoms in total. The Labute approximate surface area is 175 Å². The molecule has 0 radical (unpaired) electrons. The molecular formula is C18H14F8N4O2. The van der Waals surface area contributed by atoms with Gasteiger partial charge in [-0.3, -0.25) is 19.6 Å². The summed E-state index contributed by atoms with van der Waals surface area (Å²) in [5.74, 6) is -32.3. The topological polar surface area (TPSA) is 84.0 Å². The Bertz CT molecular complexity index is 865. The molecule has 32 heavy (non-hydrogen) atoms. The first-order chi connectivity index (χ1) is 14.7. The van der Waals surface area contributed by atoms with Crippen molar-refractivity contribution < 1.29 is 44.7 Å². The molecule has 0 spiro atoms. The molecule has 0 aliphatic heterocycles. The van der Waals surface area contributed by atoms with Crippen molar-refractivity contribution in [1.29, 1.82) is 0 Å². The zero-order chi connectivity index (χ0) is 24.2. The number of pyridine rings is 2. The molecule has 2 aromatic rings. The zero-order valence-corrected chi connectivity index (χ0v) is 15.8. The number of nitrogens with zero attached hydrogens (tertiary/aromatic N) is 2. The minimum atomic E-state index is -6.93. The number of carbonyl (C=O) groups is 2. The molecule has 14 heteroatoms. The molecule has 2 heterocycles. The largest absolute Gasteiger partial charge is 0.392 e. The molecular weight excluding hydrogens is 456 g/mol. The van der Waals surface area contributed by atoms with Crippen LogP contribution >= 0.6 is 0 Å². The minimum absolute atomic E-state index is 0.0834. The van der Waals surface area contributed by atoms with Gasteiger partial charge < -0.3 is 10.6 Å². The second-order valence-corrected chi connectivity index (χ2v) is 6.37. The van der Waals surface area contributed by atoms with E-state index in [1.807, 2.05) is 0 Å². The van der Waals surface area contributed by atoms with Crippen LogP contribution in [0.2, 0.25) is 0 Å². The van der Waals surface area contributed by atoms with Gasteiger partial charge in [-0.1, -0.05) is 0 Å². The van der Waals surface area contributed by atoms with Crippen LogP contribution in [-0.4, -0.2) is 45.5 Å². The highest BCUT2D eigenvalue weighted by atomic mass is 19.4. The van der Waals surface area contributed by atoms with Gasteiger partial charge in [0.1, 0.15) is 0 Å². The lowest BCUT2D eigenvalue weighted by Gasteiger charge is -2.35. The standard InChI is InChI=1S/C18H14F8N4O2/c19-15(20,13(31)29-9-11-1-5-27-6-2-11)17(23,24)18(25,26)16(21,22)14(32)30-10-12-3-7-28-8-4-12/h1-8H,9-10H2,(H,29,31)(H,30,32). The van der Waals surface area contributed by atoms with Crippen molar-refractivity contribution in [3.63, 3.8) is 0 Å². The fourth-order valence-electron chi connectivity index (χ4n) is 2.27. The monoisotopic (exact) mass is 470 g/mol. The van der Waals surface area contributed by atoms with E-state index >= 15 is 0 Å². The fraction of sp³-hybridized carbons (Fsp3) is 0.333. The molecule has 2 aromatic heterocycles. The van der Waals surface area contributed by atoms with Gasteiger partial charge in [0, 0.05) is 37.9 Å². The summed E-state index contributed by atoms with van der Waals surface area (Å²) in [7, 11) is 0. The fourth-order valence-corrected chi connectivity index (χ4v) is 2.27. The van der Waals surface area contributed by atoms with E-state index in [2.05, 4.69) is 9.97 Å². The van der Waals surface area contributed by atoms with Gasteiger partial charge in [0.15, 0.2) is 0 Å². The van der Waals surface area contributed by atoms with Crippen molar-refractivity contribution in [2.45, 2.75) is 36.8 Å². The number of nitrogens with one attached hydrogen (secondary N) is 2. The minimum Gasteiger partial charge on any atom is -0.347 e. The SMILES string of the molecule is O=C(NCc1ccncc1)C(F)(F)C(F)(F)C(F)(F)C(F)(F)C(=O)NCc1ccncc1. The summed E-state index contributed by atoms with van der Waals surface area (Å²) >= 11 is 0. The van der Waals surface area contributed by atoms with E-state index in [4.69, 9.17) is 0 Å². The van der Waals surface area contributed by atoms with Crippen LogP contribution in [0.15, 0.2) is 49.1 Å². The molecule has 2 N–H and O–H groups in total. The summed E-state index contributed by atoms with van der Waals surface area (Å²) in [4.78, 5) is 30.1. The number of rotatable bonds is 9. The number of alkyl halides is 8. The van der Waals surface area contributed by atoms with E-state index in [0.29, 0.717) is 0 Å². The Morgan fingerprint density at radius 3 is 1.19 bits per heavy atom.